The van der Waals surface area contributed by atoms with E-state index in [1.807, 2.05) is 11.2 Å². The summed E-state index contributed by atoms with van der Waals surface area (Å²) in [6.07, 6.45) is 10.7. The van der Waals surface area contributed by atoms with Crippen molar-refractivity contribution in [1.82, 2.24) is 14.8 Å². The molecule has 1 aromatic rings. The van der Waals surface area contributed by atoms with Gasteiger partial charge in [0.1, 0.15) is 0 Å². The molecule has 0 radical (unpaired) electrons. The summed E-state index contributed by atoms with van der Waals surface area (Å²) >= 11 is 1.61. The fourth-order valence-electron chi connectivity index (χ4n) is 4.43. The lowest BCUT2D eigenvalue weighted by atomic mass is 9.80. The van der Waals surface area contributed by atoms with Crippen molar-refractivity contribution in [3.63, 3.8) is 0 Å². The quantitative estimate of drug-likeness (QED) is 0.709. The van der Waals surface area contributed by atoms with Crippen molar-refractivity contribution in [1.29, 1.82) is 0 Å². The third-order valence-corrected chi connectivity index (χ3v) is 6.66. The molecule has 0 bridgehead atoms. The molecular formula is C20H33N3O3S. The molecule has 1 aromatic heterocycles. The Balaban J connectivity index is 1.61. The van der Waals surface area contributed by atoms with Gasteiger partial charge in [0, 0.05) is 18.7 Å². The second-order valence-corrected chi connectivity index (χ2v) is 8.77. The number of carbonyl (C=O) groups is 1. The van der Waals surface area contributed by atoms with Gasteiger partial charge in [0.15, 0.2) is 0 Å². The van der Waals surface area contributed by atoms with E-state index in [0.717, 1.165) is 44.1 Å². The maximum atomic E-state index is 12.9. The SMILES string of the molecule is CSN[C@H]1CCCN(C(=O)c2ccno2)[C@H]1CO[C@H]1CC[C@@H](C(C)C)CC1. The third-order valence-electron chi connectivity index (χ3n) is 6.12. The lowest BCUT2D eigenvalue weighted by molar-refractivity contribution is -0.0287. The smallest absolute Gasteiger partial charge is 0.292 e. The summed E-state index contributed by atoms with van der Waals surface area (Å²) in [6, 6.07) is 1.89. The van der Waals surface area contributed by atoms with Crippen LogP contribution in [0.1, 0.15) is 62.9 Å². The van der Waals surface area contributed by atoms with E-state index in [1.165, 1.54) is 19.0 Å². The second kappa shape index (κ2) is 9.94. The Morgan fingerprint density at radius 2 is 2.15 bits per heavy atom. The third kappa shape index (κ3) is 5.27. The van der Waals surface area contributed by atoms with E-state index in [1.54, 1.807) is 18.0 Å². The van der Waals surface area contributed by atoms with Crippen LogP contribution in [0.3, 0.4) is 0 Å². The molecule has 1 saturated heterocycles. The molecule has 6 nitrogen and oxygen atoms in total. The average molecular weight is 396 g/mol. The first-order chi connectivity index (χ1) is 13.1. The molecule has 0 unspecified atom stereocenters. The van der Waals surface area contributed by atoms with Crippen molar-refractivity contribution in [2.45, 2.75) is 70.6 Å². The predicted octanol–water partition coefficient (Wildman–Crippen LogP) is 3.75. The van der Waals surface area contributed by atoms with Gasteiger partial charge in [-0.25, -0.2) is 0 Å². The molecule has 1 aliphatic carbocycles. The summed E-state index contributed by atoms with van der Waals surface area (Å²) in [5, 5.41) is 3.69. The second-order valence-electron chi connectivity index (χ2n) is 8.13. The normalized spacial score (nSPS) is 29.3. The van der Waals surface area contributed by atoms with Crippen LogP contribution < -0.4 is 4.72 Å². The van der Waals surface area contributed by atoms with Gasteiger partial charge in [0.2, 0.25) is 5.76 Å². The Hall–Kier alpha value is -1.05. The van der Waals surface area contributed by atoms with Gasteiger partial charge in [-0.1, -0.05) is 31.0 Å². The van der Waals surface area contributed by atoms with Crippen LogP contribution in [0.5, 0.6) is 0 Å². The van der Waals surface area contributed by atoms with Gasteiger partial charge < -0.3 is 14.2 Å². The van der Waals surface area contributed by atoms with Crippen LogP contribution in [0.4, 0.5) is 0 Å². The highest BCUT2D eigenvalue weighted by molar-refractivity contribution is 7.96. The van der Waals surface area contributed by atoms with Gasteiger partial charge >= 0.3 is 0 Å². The number of hydrogen-bond acceptors (Lipinski definition) is 6. The first kappa shape index (κ1) is 20.7. The topological polar surface area (TPSA) is 67.6 Å². The zero-order valence-electron chi connectivity index (χ0n) is 16.7. The van der Waals surface area contributed by atoms with Crippen LogP contribution in [0, 0.1) is 11.8 Å². The van der Waals surface area contributed by atoms with E-state index in [2.05, 4.69) is 23.7 Å². The van der Waals surface area contributed by atoms with E-state index in [9.17, 15) is 4.79 Å². The number of carbonyl (C=O) groups excluding carboxylic acids is 1. The van der Waals surface area contributed by atoms with E-state index >= 15 is 0 Å². The average Bonchev–Trinajstić information content (AvgIpc) is 3.21. The van der Waals surface area contributed by atoms with Crippen molar-refractivity contribution in [3.8, 4) is 0 Å². The van der Waals surface area contributed by atoms with Crippen LogP contribution >= 0.6 is 11.9 Å². The monoisotopic (exact) mass is 395 g/mol. The minimum Gasteiger partial charge on any atom is -0.376 e. The number of amides is 1. The molecule has 152 valence electrons. The fourth-order valence-corrected chi connectivity index (χ4v) is 5.01. The van der Waals surface area contributed by atoms with Crippen LogP contribution in [-0.2, 0) is 4.74 Å². The summed E-state index contributed by atoms with van der Waals surface area (Å²) in [6.45, 7) is 5.95. The van der Waals surface area contributed by atoms with Gasteiger partial charge in [0.05, 0.1) is 24.9 Å². The van der Waals surface area contributed by atoms with Gasteiger partial charge in [-0.2, -0.15) is 0 Å². The van der Waals surface area contributed by atoms with Crippen molar-refractivity contribution in [3.05, 3.63) is 18.0 Å². The first-order valence-corrected chi connectivity index (χ1v) is 11.4. The minimum absolute atomic E-state index is 0.0200. The molecule has 27 heavy (non-hydrogen) atoms. The first-order valence-electron chi connectivity index (χ1n) is 10.2. The number of rotatable bonds is 7. The van der Waals surface area contributed by atoms with Crippen LogP contribution in [0.15, 0.2) is 16.8 Å². The van der Waals surface area contributed by atoms with Gasteiger partial charge in [-0.05, 0) is 56.6 Å². The Kier molecular flexibility index (Phi) is 7.61. The Bertz CT molecular complexity index is 571. The lowest BCUT2D eigenvalue weighted by Crippen LogP contribution is -2.57. The fraction of sp³-hybridized carbons (Fsp3) is 0.800. The number of ether oxygens (including phenoxy) is 1. The zero-order valence-corrected chi connectivity index (χ0v) is 17.5. The number of piperidine rings is 1. The maximum absolute atomic E-state index is 12.9. The zero-order chi connectivity index (χ0) is 19.2. The molecule has 1 saturated carbocycles. The summed E-state index contributed by atoms with van der Waals surface area (Å²) in [7, 11) is 0. The highest BCUT2D eigenvalue weighted by Crippen LogP contribution is 2.32. The molecule has 2 heterocycles. The molecule has 3 rings (SSSR count). The van der Waals surface area contributed by atoms with E-state index in [4.69, 9.17) is 9.26 Å². The highest BCUT2D eigenvalue weighted by atomic mass is 32.2. The molecule has 2 atom stereocenters. The van der Waals surface area contributed by atoms with Crippen molar-refractivity contribution < 1.29 is 14.1 Å². The van der Waals surface area contributed by atoms with Crippen molar-refractivity contribution >= 4 is 17.9 Å². The van der Waals surface area contributed by atoms with Gasteiger partial charge in [-0.15, -0.1) is 0 Å². The molecule has 2 aliphatic rings. The Morgan fingerprint density at radius 1 is 1.37 bits per heavy atom. The summed E-state index contributed by atoms with van der Waals surface area (Å²) in [5.41, 5.74) is 0. The van der Waals surface area contributed by atoms with E-state index in [0.29, 0.717) is 18.5 Å². The summed E-state index contributed by atoms with van der Waals surface area (Å²) in [4.78, 5) is 14.8. The molecule has 2 fully saturated rings. The molecule has 0 aromatic carbocycles. The van der Waals surface area contributed by atoms with E-state index < -0.39 is 0 Å². The van der Waals surface area contributed by atoms with Crippen molar-refractivity contribution in [2.24, 2.45) is 11.8 Å². The standard InChI is InChI=1S/C20H33N3O3S/c1-14(2)15-6-8-16(9-7-15)25-13-18-17(22-27-3)5-4-12-23(18)20(24)19-10-11-21-26-19/h10-11,14-18,22H,4-9,12-13H2,1-3H3/t15-,16+,17-,18-/m0/s1. The molecule has 1 N–H and O–H groups in total. The Labute approximate surface area is 166 Å². The minimum atomic E-state index is -0.0859. The molecule has 1 amide bonds. The van der Waals surface area contributed by atoms with Gasteiger partial charge in [0.25, 0.3) is 5.91 Å². The molecule has 7 heteroatoms. The predicted molar refractivity (Wildman–Crippen MR) is 108 cm³/mol. The molecule has 1 aliphatic heterocycles. The summed E-state index contributed by atoms with van der Waals surface area (Å²) < 4.78 is 14.9. The maximum Gasteiger partial charge on any atom is 0.292 e. The largest absolute Gasteiger partial charge is 0.376 e. The van der Waals surface area contributed by atoms with Gasteiger partial charge in [-0.3, -0.25) is 9.52 Å². The summed E-state index contributed by atoms with van der Waals surface area (Å²) in [5.74, 6) is 1.81. The number of nitrogens with zero attached hydrogens (tertiary/aromatic N) is 2. The van der Waals surface area contributed by atoms with E-state index in [-0.39, 0.29) is 18.0 Å². The van der Waals surface area contributed by atoms with Crippen LogP contribution in [0.2, 0.25) is 0 Å². The number of hydrogen-bond donors (Lipinski definition) is 1. The van der Waals surface area contributed by atoms with Crippen molar-refractivity contribution in [2.75, 3.05) is 19.4 Å². The Morgan fingerprint density at radius 3 is 2.78 bits per heavy atom. The number of nitrogens with one attached hydrogen (secondary N) is 1. The van der Waals surface area contributed by atoms with Crippen LogP contribution in [-0.4, -0.2) is 53.6 Å². The number of likely N-dealkylation sites (tertiary alicyclic amines) is 1. The molecule has 0 spiro atoms. The highest BCUT2D eigenvalue weighted by Gasteiger charge is 2.36. The lowest BCUT2D eigenvalue weighted by Gasteiger charge is -2.41. The number of aromatic nitrogens is 1. The molecular weight excluding hydrogens is 362 g/mol. The van der Waals surface area contributed by atoms with Crippen LogP contribution in [0.25, 0.3) is 0 Å².